The SMILES string of the molecule is NC(=NC1CCCC1CO)Nc1ccccc1. The van der Waals surface area contributed by atoms with Gasteiger partial charge in [0.25, 0.3) is 0 Å². The maximum atomic E-state index is 9.21. The highest BCUT2D eigenvalue weighted by Gasteiger charge is 2.26. The monoisotopic (exact) mass is 233 g/mol. The van der Waals surface area contributed by atoms with Crippen molar-refractivity contribution in [3.05, 3.63) is 30.3 Å². The van der Waals surface area contributed by atoms with Crippen molar-refractivity contribution < 1.29 is 5.11 Å². The lowest BCUT2D eigenvalue weighted by atomic mass is 10.1. The van der Waals surface area contributed by atoms with E-state index >= 15 is 0 Å². The van der Waals surface area contributed by atoms with Crippen LogP contribution in [0.2, 0.25) is 0 Å². The van der Waals surface area contributed by atoms with E-state index in [4.69, 9.17) is 5.73 Å². The molecule has 1 aromatic carbocycles. The highest BCUT2D eigenvalue weighted by atomic mass is 16.3. The normalized spacial score (nSPS) is 24.9. The zero-order valence-corrected chi connectivity index (χ0v) is 9.84. The van der Waals surface area contributed by atoms with Gasteiger partial charge in [0.05, 0.1) is 6.04 Å². The summed E-state index contributed by atoms with van der Waals surface area (Å²) in [5.41, 5.74) is 6.80. The second-order valence-corrected chi connectivity index (χ2v) is 4.45. The summed E-state index contributed by atoms with van der Waals surface area (Å²) in [6.45, 7) is 0.201. The molecule has 0 bridgehead atoms. The van der Waals surface area contributed by atoms with E-state index in [9.17, 15) is 5.11 Å². The van der Waals surface area contributed by atoms with Crippen LogP contribution in [0.25, 0.3) is 0 Å². The van der Waals surface area contributed by atoms with Gasteiger partial charge in [-0.1, -0.05) is 24.6 Å². The van der Waals surface area contributed by atoms with Crippen LogP contribution in [0.5, 0.6) is 0 Å². The lowest BCUT2D eigenvalue weighted by Crippen LogP contribution is -2.27. The second kappa shape index (κ2) is 5.68. The molecule has 0 heterocycles. The number of hydrogen-bond donors (Lipinski definition) is 3. The van der Waals surface area contributed by atoms with Gasteiger partial charge < -0.3 is 16.2 Å². The summed E-state index contributed by atoms with van der Waals surface area (Å²) in [6.07, 6.45) is 3.18. The highest BCUT2D eigenvalue weighted by Crippen LogP contribution is 2.27. The first-order valence-electron chi connectivity index (χ1n) is 6.06. The third-order valence-electron chi connectivity index (χ3n) is 3.20. The Bertz CT molecular complexity index is 378. The van der Waals surface area contributed by atoms with Gasteiger partial charge in [-0.15, -0.1) is 0 Å². The van der Waals surface area contributed by atoms with Gasteiger partial charge in [0.2, 0.25) is 0 Å². The summed E-state index contributed by atoms with van der Waals surface area (Å²) >= 11 is 0. The molecule has 1 aliphatic carbocycles. The van der Waals surface area contributed by atoms with Crippen LogP contribution in [0.15, 0.2) is 35.3 Å². The standard InChI is InChI=1S/C13H19N3O/c14-13(15-11-6-2-1-3-7-11)16-12-8-4-5-10(12)9-17/h1-3,6-7,10,12,17H,4-5,8-9H2,(H3,14,15,16). The average molecular weight is 233 g/mol. The molecular weight excluding hydrogens is 214 g/mol. The number of nitrogens with two attached hydrogens (primary N) is 1. The molecule has 2 rings (SSSR count). The van der Waals surface area contributed by atoms with Gasteiger partial charge >= 0.3 is 0 Å². The number of anilines is 1. The van der Waals surface area contributed by atoms with Crippen LogP contribution >= 0.6 is 0 Å². The number of benzene rings is 1. The molecule has 1 fully saturated rings. The van der Waals surface area contributed by atoms with Gasteiger partial charge in [-0.2, -0.15) is 0 Å². The lowest BCUT2D eigenvalue weighted by Gasteiger charge is -2.14. The van der Waals surface area contributed by atoms with Crippen molar-refractivity contribution in [3.8, 4) is 0 Å². The third kappa shape index (κ3) is 3.20. The summed E-state index contributed by atoms with van der Waals surface area (Å²) in [6, 6.07) is 9.90. The topological polar surface area (TPSA) is 70.6 Å². The zero-order valence-electron chi connectivity index (χ0n) is 9.84. The van der Waals surface area contributed by atoms with E-state index in [1.165, 1.54) is 0 Å². The van der Waals surface area contributed by atoms with Crippen molar-refractivity contribution in [2.45, 2.75) is 25.3 Å². The molecule has 17 heavy (non-hydrogen) atoms. The first-order valence-corrected chi connectivity index (χ1v) is 6.06. The minimum absolute atomic E-state index is 0.163. The number of hydrogen-bond acceptors (Lipinski definition) is 2. The molecule has 1 aliphatic rings. The second-order valence-electron chi connectivity index (χ2n) is 4.45. The summed E-state index contributed by atoms with van der Waals surface area (Å²) in [5.74, 6) is 0.702. The van der Waals surface area contributed by atoms with Crippen molar-refractivity contribution in [1.29, 1.82) is 0 Å². The fourth-order valence-electron chi connectivity index (χ4n) is 2.28. The Labute approximate surface area is 102 Å². The van der Waals surface area contributed by atoms with Crippen LogP contribution in [-0.4, -0.2) is 23.7 Å². The maximum absolute atomic E-state index is 9.21. The Morgan fingerprint density at radius 2 is 2.12 bits per heavy atom. The van der Waals surface area contributed by atoms with Gasteiger partial charge in [-0.3, -0.25) is 0 Å². The van der Waals surface area contributed by atoms with E-state index in [2.05, 4.69) is 10.3 Å². The molecule has 92 valence electrons. The number of nitrogens with zero attached hydrogens (tertiary/aromatic N) is 1. The molecular formula is C13H19N3O. The van der Waals surface area contributed by atoms with Gasteiger partial charge in [0.1, 0.15) is 0 Å². The van der Waals surface area contributed by atoms with Crippen LogP contribution in [0.3, 0.4) is 0 Å². The van der Waals surface area contributed by atoms with Crippen molar-refractivity contribution in [2.75, 3.05) is 11.9 Å². The number of para-hydroxylation sites is 1. The Morgan fingerprint density at radius 1 is 1.35 bits per heavy atom. The summed E-state index contributed by atoms with van der Waals surface area (Å²) in [4.78, 5) is 4.45. The van der Waals surface area contributed by atoms with Gasteiger partial charge in [-0.05, 0) is 25.0 Å². The van der Waals surface area contributed by atoms with E-state index in [1.54, 1.807) is 0 Å². The molecule has 4 nitrogen and oxygen atoms in total. The number of aliphatic hydroxyl groups excluding tert-OH is 1. The minimum Gasteiger partial charge on any atom is -0.396 e. The number of nitrogens with one attached hydrogen (secondary N) is 1. The number of rotatable bonds is 3. The Morgan fingerprint density at radius 3 is 2.82 bits per heavy atom. The highest BCUT2D eigenvalue weighted by molar-refractivity contribution is 5.92. The van der Waals surface area contributed by atoms with Crippen molar-refractivity contribution in [1.82, 2.24) is 0 Å². The minimum atomic E-state index is 0.163. The quantitative estimate of drug-likeness (QED) is 0.548. The lowest BCUT2D eigenvalue weighted by molar-refractivity contribution is 0.219. The van der Waals surface area contributed by atoms with Crippen LogP contribution in [-0.2, 0) is 0 Å². The molecule has 2 atom stereocenters. The molecule has 0 aliphatic heterocycles. The Hall–Kier alpha value is -1.55. The van der Waals surface area contributed by atoms with Crippen LogP contribution in [0.1, 0.15) is 19.3 Å². The van der Waals surface area contributed by atoms with E-state index in [0.29, 0.717) is 5.96 Å². The molecule has 0 saturated heterocycles. The van der Waals surface area contributed by atoms with Crippen molar-refractivity contribution >= 4 is 11.6 Å². The fourth-order valence-corrected chi connectivity index (χ4v) is 2.28. The third-order valence-corrected chi connectivity index (χ3v) is 3.20. The largest absolute Gasteiger partial charge is 0.396 e. The summed E-state index contributed by atoms with van der Waals surface area (Å²) in [7, 11) is 0. The number of aliphatic imine (C=N–C) groups is 1. The van der Waals surface area contributed by atoms with Gasteiger partial charge in [-0.25, -0.2) is 4.99 Å². The van der Waals surface area contributed by atoms with E-state index in [1.807, 2.05) is 30.3 Å². The van der Waals surface area contributed by atoms with Gasteiger partial charge in [0, 0.05) is 18.2 Å². The predicted octanol–water partition coefficient (Wildman–Crippen LogP) is 1.57. The molecule has 4 N–H and O–H groups in total. The van der Waals surface area contributed by atoms with Crippen LogP contribution < -0.4 is 11.1 Å². The number of aliphatic hydroxyl groups is 1. The smallest absolute Gasteiger partial charge is 0.193 e. The fraction of sp³-hybridized carbons (Fsp3) is 0.462. The van der Waals surface area contributed by atoms with Gasteiger partial charge in [0.15, 0.2) is 5.96 Å². The molecule has 1 aromatic rings. The molecule has 2 unspecified atom stereocenters. The average Bonchev–Trinajstić information content (AvgIpc) is 2.77. The van der Waals surface area contributed by atoms with Crippen LogP contribution in [0.4, 0.5) is 5.69 Å². The molecule has 1 saturated carbocycles. The molecule has 0 spiro atoms. The molecule has 4 heteroatoms. The predicted molar refractivity (Wildman–Crippen MR) is 69.9 cm³/mol. The summed E-state index contributed by atoms with van der Waals surface area (Å²) in [5, 5.41) is 12.3. The maximum Gasteiger partial charge on any atom is 0.193 e. The first kappa shape index (κ1) is 11.9. The zero-order chi connectivity index (χ0) is 12.1. The van der Waals surface area contributed by atoms with Crippen LogP contribution in [0, 0.1) is 5.92 Å². The number of guanidine groups is 1. The molecule has 0 aromatic heterocycles. The first-order chi connectivity index (χ1) is 8.29. The van der Waals surface area contributed by atoms with E-state index < -0.39 is 0 Å². The Kier molecular flexibility index (Phi) is 3.98. The summed E-state index contributed by atoms with van der Waals surface area (Å²) < 4.78 is 0. The van der Waals surface area contributed by atoms with Crippen molar-refractivity contribution in [2.24, 2.45) is 16.6 Å². The van der Waals surface area contributed by atoms with E-state index in [-0.39, 0.29) is 18.6 Å². The molecule has 0 amide bonds. The van der Waals surface area contributed by atoms with Crippen molar-refractivity contribution in [3.63, 3.8) is 0 Å². The van der Waals surface area contributed by atoms with E-state index in [0.717, 1.165) is 24.9 Å². The Balaban J connectivity index is 1.97. The molecule has 0 radical (unpaired) electrons.